The fourth-order valence-corrected chi connectivity index (χ4v) is 2.72. The Balaban J connectivity index is 2.16. The van der Waals surface area contributed by atoms with Crippen molar-refractivity contribution in [3.05, 3.63) is 23.9 Å². The second-order valence-electron chi connectivity index (χ2n) is 5.94. The van der Waals surface area contributed by atoms with Crippen molar-refractivity contribution < 1.29 is 5.11 Å². The molecule has 1 atom stereocenters. The quantitative estimate of drug-likeness (QED) is 0.823. The molecule has 1 aliphatic rings. The van der Waals surface area contributed by atoms with Crippen molar-refractivity contribution in [3.8, 4) is 0 Å². The minimum absolute atomic E-state index is 0.0742. The van der Waals surface area contributed by atoms with Crippen molar-refractivity contribution >= 4 is 11.8 Å². The lowest BCUT2D eigenvalue weighted by molar-refractivity contribution is 0.108. The van der Waals surface area contributed by atoms with E-state index in [1.165, 1.54) is 5.57 Å². The van der Waals surface area contributed by atoms with Crippen LogP contribution in [0.2, 0.25) is 0 Å². The van der Waals surface area contributed by atoms with E-state index in [0.29, 0.717) is 5.95 Å². The Morgan fingerprint density at radius 3 is 3.00 bits per heavy atom. The molecule has 110 valence electrons. The van der Waals surface area contributed by atoms with E-state index in [2.05, 4.69) is 34.8 Å². The van der Waals surface area contributed by atoms with Gasteiger partial charge in [-0.2, -0.15) is 4.98 Å². The maximum atomic E-state index is 9.86. The standard InChI is InChI=1S/C15H24N4O/c1-12(2)4-7-15(11-20)6-3-9-19(10-15)13-5-8-17-14(16)18-13/h4-5,8,20H,3,6-7,9-11H2,1-2H3,(H2,16,17,18)/t15-/m1/s1. The molecule has 0 aromatic carbocycles. The fraction of sp³-hybridized carbons (Fsp3) is 0.600. The monoisotopic (exact) mass is 276 g/mol. The van der Waals surface area contributed by atoms with Gasteiger partial charge in [0.15, 0.2) is 0 Å². The number of nitrogens with two attached hydrogens (primary N) is 1. The van der Waals surface area contributed by atoms with Gasteiger partial charge in [-0.05, 0) is 39.2 Å². The van der Waals surface area contributed by atoms with Crippen LogP contribution in [0.15, 0.2) is 23.9 Å². The zero-order chi connectivity index (χ0) is 14.6. The summed E-state index contributed by atoms with van der Waals surface area (Å²) in [6, 6.07) is 1.88. The Hall–Kier alpha value is -1.62. The van der Waals surface area contributed by atoms with E-state index in [9.17, 15) is 5.11 Å². The first-order valence-corrected chi connectivity index (χ1v) is 7.12. The third kappa shape index (κ3) is 3.48. The molecule has 1 fully saturated rings. The second kappa shape index (κ2) is 6.22. The van der Waals surface area contributed by atoms with Crippen LogP contribution in [0.4, 0.5) is 11.8 Å². The predicted octanol–water partition coefficient (Wildman–Crippen LogP) is 1.99. The molecule has 1 saturated heterocycles. The lowest BCUT2D eigenvalue weighted by Crippen LogP contribution is -2.45. The molecule has 0 spiro atoms. The van der Waals surface area contributed by atoms with Crippen molar-refractivity contribution in [1.82, 2.24) is 9.97 Å². The molecular weight excluding hydrogens is 252 g/mol. The summed E-state index contributed by atoms with van der Waals surface area (Å²) < 4.78 is 0. The Morgan fingerprint density at radius 1 is 1.55 bits per heavy atom. The molecule has 20 heavy (non-hydrogen) atoms. The van der Waals surface area contributed by atoms with Crippen LogP contribution in [0, 0.1) is 5.41 Å². The van der Waals surface area contributed by atoms with Crippen LogP contribution < -0.4 is 10.6 Å². The SMILES string of the molecule is CC(C)=CC[C@]1(CO)CCCN(c2ccnc(N)n2)C1. The normalized spacial score (nSPS) is 22.6. The molecule has 2 heterocycles. The minimum Gasteiger partial charge on any atom is -0.396 e. The Labute approximate surface area is 120 Å². The largest absolute Gasteiger partial charge is 0.396 e. The van der Waals surface area contributed by atoms with Crippen molar-refractivity contribution in [1.29, 1.82) is 0 Å². The highest BCUT2D eigenvalue weighted by molar-refractivity contribution is 5.41. The summed E-state index contributed by atoms with van der Waals surface area (Å²) in [6.07, 6.45) is 6.91. The summed E-state index contributed by atoms with van der Waals surface area (Å²) >= 11 is 0. The molecular formula is C15H24N4O. The average molecular weight is 276 g/mol. The summed E-state index contributed by atoms with van der Waals surface area (Å²) in [5.41, 5.74) is 6.87. The highest BCUT2D eigenvalue weighted by Gasteiger charge is 2.34. The molecule has 5 nitrogen and oxygen atoms in total. The molecule has 0 saturated carbocycles. The highest BCUT2D eigenvalue weighted by atomic mass is 16.3. The van der Waals surface area contributed by atoms with Crippen LogP contribution in [0.3, 0.4) is 0 Å². The van der Waals surface area contributed by atoms with E-state index in [4.69, 9.17) is 5.73 Å². The number of hydrogen-bond donors (Lipinski definition) is 2. The number of aromatic nitrogens is 2. The van der Waals surface area contributed by atoms with Crippen LogP contribution in [0.25, 0.3) is 0 Å². The van der Waals surface area contributed by atoms with Gasteiger partial charge >= 0.3 is 0 Å². The molecule has 0 amide bonds. The zero-order valence-electron chi connectivity index (χ0n) is 12.3. The molecule has 0 radical (unpaired) electrons. The molecule has 3 N–H and O–H groups in total. The minimum atomic E-state index is -0.0742. The van der Waals surface area contributed by atoms with E-state index in [1.807, 2.05) is 6.07 Å². The van der Waals surface area contributed by atoms with Crippen molar-refractivity contribution in [3.63, 3.8) is 0 Å². The number of nitrogen functional groups attached to an aromatic ring is 1. The van der Waals surface area contributed by atoms with Gasteiger partial charge in [0.25, 0.3) is 0 Å². The van der Waals surface area contributed by atoms with E-state index < -0.39 is 0 Å². The number of anilines is 2. The van der Waals surface area contributed by atoms with Crippen molar-refractivity contribution in [2.45, 2.75) is 33.1 Å². The first kappa shape index (κ1) is 14.8. The fourth-order valence-electron chi connectivity index (χ4n) is 2.72. The molecule has 0 aliphatic carbocycles. The predicted molar refractivity (Wildman–Crippen MR) is 81.5 cm³/mol. The summed E-state index contributed by atoms with van der Waals surface area (Å²) in [4.78, 5) is 10.4. The number of aliphatic hydroxyl groups excluding tert-OH is 1. The smallest absolute Gasteiger partial charge is 0.221 e. The summed E-state index contributed by atoms with van der Waals surface area (Å²) in [6.45, 7) is 6.15. The molecule has 0 bridgehead atoms. The molecule has 1 aromatic heterocycles. The van der Waals surface area contributed by atoms with Gasteiger partial charge in [0.1, 0.15) is 5.82 Å². The molecule has 1 aliphatic heterocycles. The van der Waals surface area contributed by atoms with Crippen molar-refractivity contribution in [2.75, 3.05) is 30.3 Å². The third-order valence-corrected chi connectivity index (χ3v) is 3.92. The maximum absolute atomic E-state index is 9.86. The van der Waals surface area contributed by atoms with E-state index in [0.717, 1.165) is 38.2 Å². The van der Waals surface area contributed by atoms with Gasteiger partial charge in [-0.1, -0.05) is 11.6 Å². The van der Waals surface area contributed by atoms with E-state index in [1.54, 1.807) is 6.20 Å². The summed E-state index contributed by atoms with van der Waals surface area (Å²) in [5.74, 6) is 1.15. The number of allylic oxidation sites excluding steroid dienone is 2. The Morgan fingerprint density at radius 2 is 2.35 bits per heavy atom. The highest BCUT2D eigenvalue weighted by Crippen LogP contribution is 2.35. The van der Waals surface area contributed by atoms with E-state index >= 15 is 0 Å². The van der Waals surface area contributed by atoms with Gasteiger partial charge in [0.2, 0.25) is 5.95 Å². The first-order valence-electron chi connectivity index (χ1n) is 7.12. The number of piperidine rings is 1. The molecule has 5 heteroatoms. The van der Waals surface area contributed by atoms with Crippen molar-refractivity contribution in [2.24, 2.45) is 5.41 Å². The van der Waals surface area contributed by atoms with Crippen LogP contribution in [0.1, 0.15) is 33.1 Å². The van der Waals surface area contributed by atoms with Gasteiger partial charge < -0.3 is 15.7 Å². The maximum Gasteiger partial charge on any atom is 0.221 e. The first-order chi connectivity index (χ1) is 9.54. The zero-order valence-corrected chi connectivity index (χ0v) is 12.3. The Kier molecular flexibility index (Phi) is 4.60. The summed E-state index contributed by atoms with van der Waals surface area (Å²) in [7, 11) is 0. The van der Waals surface area contributed by atoms with E-state index in [-0.39, 0.29) is 12.0 Å². The number of aliphatic hydroxyl groups is 1. The number of hydrogen-bond acceptors (Lipinski definition) is 5. The molecule has 1 aromatic rings. The third-order valence-electron chi connectivity index (χ3n) is 3.92. The lowest BCUT2D eigenvalue weighted by Gasteiger charge is -2.42. The topological polar surface area (TPSA) is 75.3 Å². The second-order valence-corrected chi connectivity index (χ2v) is 5.94. The van der Waals surface area contributed by atoms with Crippen LogP contribution in [-0.2, 0) is 0 Å². The number of rotatable bonds is 4. The van der Waals surface area contributed by atoms with Gasteiger partial charge in [-0.3, -0.25) is 0 Å². The summed E-state index contributed by atoms with van der Waals surface area (Å²) in [5, 5.41) is 9.86. The van der Waals surface area contributed by atoms with Crippen LogP contribution >= 0.6 is 0 Å². The van der Waals surface area contributed by atoms with Crippen LogP contribution in [-0.4, -0.2) is 34.8 Å². The Bertz CT molecular complexity index is 485. The van der Waals surface area contributed by atoms with Crippen LogP contribution in [0.5, 0.6) is 0 Å². The van der Waals surface area contributed by atoms with Gasteiger partial charge in [0.05, 0.1) is 6.61 Å². The lowest BCUT2D eigenvalue weighted by atomic mass is 9.77. The molecule has 0 unspecified atom stereocenters. The average Bonchev–Trinajstić information content (AvgIpc) is 2.45. The van der Waals surface area contributed by atoms with Gasteiger partial charge in [-0.25, -0.2) is 4.98 Å². The van der Waals surface area contributed by atoms with Gasteiger partial charge in [0, 0.05) is 24.7 Å². The van der Waals surface area contributed by atoms with Gasteiger partial charge in [-0.15, -0.1) is 0 Å². The molecule has 2 rings (SSSR count). The number of nitrogens with zero attached hydrogens (tertiary/aromatic N) is 3.